The Balaban J connectivity index is 2.12. The molecule has 0 atom stereocenters. The van der Waals surface area contributed by atoms with Gasteiger partial charge in [-0.1, -0.05) is 0 Å². The van der Waals surface area contributed by atoms with Gasteiger partial charge in [0.1, 0.15) is 0 Å². The minimum Gasteiger partial charge on any atom is -0.339 e. The highest BCUT2D eigenvalue weighted by Gasteiger charge is 2.23. The number of aromatic nitrogens is 3. The number of hydrogen-bond donors (Lipinski definition) is 0. The molecule has 5 nitrogen and oxygen atoms in total. The highest BCUT2D eigenvalue weighted by atomic mass is 16.2. The first-order valence-corrected chi connectivity index (χ1v) is 7.22. The summed E-state index contributed by atoms with van der Waals surface area (Å²) in [5, 5.41) is 5.25. The number of amides is 1. The first-order chi connectivity index (χ1) is 9.58. The minimum absolute atomic E-state index is 0.112. The molecule has 1 aliphatic heterocycles. The molecule has 0 bridgehead atoms. The molecule has 106 valence electrons. The Morgan fingerprint density at radius 2 is 2.00 bits per heavy atom. The van der Waals surface area contributed by atoms with Gasteiger partial charge in [0.2, 0.25) is 0 Å². The van der Waals surface area contributed by atoms with Gasteiger partial charge in [0, 0.05) is 24.8 Å². The molecule has 0 aliphatic carbocycles. The quantitative estimate of drug-likeness (QED) is 0.844. The van der Waals surface area contributed by atoms with Crippen LogP contribution < -0.4 is 0 Å². The molecule has 0 N–H and O–H groups in total. The Hall–Kier alpha value is -1.91. The second-order valence-corrected chi connectivity index (χ2v) is 5.73. The maximum atomic E-state index is 12.7. The van der Waals surface area contributed by atoms with Gasteiger partial charge in [0.15, 0.2) is 5.65 Å². The van der Waals surface area contributed by atoms with Gasteiger partial charge < -0.3 is 4.90 Å². The number of carbonyl (C=O) groups excluding carboxylic acids is 1. The number of likely N-dealkylation sites (tertiary alicyclic amines) is 1. The molecule has 20 heavy (non-hydrogen) atoms. The van der Waals surface area contributed by atoms with E-state index in [1.165, 1.54) is 0 Å². The number of carbonyl (C=O) groups is 1. The molecule has 0 aromatic carbocycles. The monoisotopic (exact) mass is 272 g/mol. The molecule has 1 aliphatic rings. The summed E-state index contributed by atoms with van der Waals surface area (Å²) in [7, 11) is 0. The molecule has 0 radical (unpaired) electrons. The summed E-state index contributed by atoms with van der Waals surface area (Å²) in [4.78, 5) is 19.1. The topological polar surface area (TPSA) is 51.0 Å². The van der Waals surface area contributed by atoms with Gasteiger partial charge in [-0.3, -0.25) is 4.79 Å². The fourth-order valence-corrected chi connectivity index (χ4v) is 2.79. The summed E-state index contributed by atoms with van der Waals surface area (Å²) >= 11 is 0. The van der Waals surface area contributed by atoms with Crippen LogP contribution >= 0.6 is 0 Å². The molecule has 1 fully saturated rings. The maximum absolute atomic E-state index is 12.7. The van der Waals surface area contributed by atoms with Crippen molar-refractivity contribution in [1.82, 2.24) is 19.7 Å². The lowest BCUT2D eigenvalue weighted by molar-refractivity contribution is 0.0794. The van der Waals surface area contributed by atoms with Crippen molar-refractivity contribution in [3.05, 3.63) is 23.5 Å². The summed E-state index contributed by atoms with van der Waals surface area (Å²) in [5.74, 6) is 0.112. The third kappa shape index (κ3) is 2.07. The fourth-order valence-electron chi connectivity index (χ4n) is 2.79. The van der Waals surface area contributed by atoms with Crippen LogP contribution in [0.25, 0.3) is 11.0 Å². The van der Waals surface area contributed by atoms with Gasteiger partial charge in [-0.25, -0.2) is 9.67 Å². The summed E-state index contributed by atoms with van der Waals surface area (Å²) in [6, 6.07) is 2.12. The maximum Gasteiger partial charge on any atom is 0.254 e. The van der Waals surface area contributed by atoms with E-state index in [9.17, 15) is 4.79 Å². The number of nitrogens with zero attached hydrogens (tertiary/aromatic N) is 4. The molecule has 1 amide bonds. The van der Waals surface area contributed by atoms with Gasteiger partial charge in [-0.2, -0.15) is 5.10 Å². The van der Waals surface area contributed by atoms with Crippen molar-refractivity contribution in [2.24, 2.45) is 0 Å². The Labute approximate surface area is 118 Å². The zero-order valence-electron chi connectivity index (χ0n) is 12.3. The number of aryl methyl sites for hydroxylation is 1. The summed E-state index contributed by atoms with van der Waals surface area (Å²) in [6.07, 6.45) is 3.97. The van der Waals surface area contributed by atoms with Gasteiger partial charge in [-0.05, 0) is 39.7 Å². The largest absolute Gasteiger partial charge is 0.339 e. The SMILES string of the molecule is Cc1cc(C(=O)N2CCCC2)c2cnn(C(C)C)c2n1. The molecule has 3 heterocycles. The van der Waals surface area contributed by atoms with E-state index in [-0.39, 0.29) is 11.9 Å². The second-order valence-electron chi connectivity index (χ2n) is 5.73. The van der Waals surface area contributed by atoms with Crippen LogP contribution in [0.2, 0.25) is 0 Å². The zero-order valence-corrected chi connectivity index (χ0v) is 12.3. The van der Waals surface area contributed by atoms with Crippen molar-refractivity contribution in [2.75, 3.05) is 13.1 Å². The predicted octanol–water partition coefficient (Wildman–Crippen LogP) is 2.56. The standard InChI is InChI=1S/C15H20N4O/c1-10(2)19-14-13(9-16-19)12(8-11(3)17-14)15(20)18-6-4-5-7-18/h8-10H,4-7H2,1-3H3. The molecule has 1 saturated heterocycles. The van der Waals surface area contributed by atoms with Crippen LogP contribution in [0.3, 0.4) is 0 Å². The number of pyridine rings is 1. The van der Waals surface area contributed by atoms with Gasteiger partial charge >= 0.3 is 0 Å². The minimum atomic E-state index is 0.112. The van der Waals surface area contributed by atoms with E-state index in [0.29, 0.717) is 0 Å². The molecule has 2 aromatic heterocycles. The smallest absolute Gasteiger partial charge is 0.254 e. The van der Waals surface area contributed by atoms with E-state index in [0.717, 1.165) is 48.2 Å². The zero-order chi connectivity index (χ0) is 14.3. The van der Waals surface area contributed by atoms with Crippen molar-refractivity contribution in [3.63, 3.8) is 0 Å². The van der Waals surface area contributed by atoms with Crippen LogP contribution in [-0.2, 0) is 0 Å². The van der Waals surface area contributed by atoms with Gasteiger partial charge in [0.25, 0.3) is 5.91 Å². The van der Waals surface area contributed by atoms with Crippen LogP contribution in [-0.4, -0.2) is 38.7 Å². The van der Waals surface area contributed by atoms with Crippen LogP contribution in [0.5, 0.6) is 0 Å². The van der Waals surface area contributed by atoms with E-state index in [2.05, 4.69) is 23.9 Å². The number of rotatable bonds is 2. The number of hydrogen-bond acceptors (Lipinski definition) is 3. The van der Waals surface area contributed by atoms with E-state index in [1.54, 1.807) is 6.20 Å². The average Bonchev–Trinajstić information content (AvgIpc) is 3.05. The summed E-state index contributed by atoms with van der Waals surface area (Å²) < 4.78 is 1.88. The van der Waals surface area contributed by atoms with Gasteiger partial charge in [-0.15, -0.1) is 0 Å². The van der Waals surface area contributed by atoms with Crippen molar-refractivity contribution in [3.8, 4) is 0 Å². The van der Waals surface area contributed by atoms with Crippen molar-refractivity contribution in [2.45, 2.75) is 39.7 Å². The normalized spacial score (nSPS) is 15.5. The lowest BCUT2D eigenvalue weighted by atomic mass is 10.1. The molecule has 3 rings (SSSR count). The summed E-state index contributed by atoms with van der Waals surface area (Å²) in [6.45, 7) is 7.79. The van der Waals surface area contributed by atoms with E-state index in [1.807, 2.05) is 22.6 Å². The molecular formula is C15H20N4O. The molecule has 5 heteroatoms. The lowest BCUT2D eigenvalue weighted by Gasteiger charge is -2.16. The van der Waals surface area contributed by atoms with Crippen LogP contribution in [0, 0.1) is 6.92 Å². The Morgan fingerprint density at radius 3 is 2.65 bits per heavy atom. The molecule has 0 saturated carbocycles. The first-order valence-electron chi connectivity index (χ1n) is 7.22. The number of fused-ring (bicyclic) bond motifs is 1. The van der Waals surface area contributed by atoms with Crippen LogP contribution in [0.15, 0.2) is 12.3 Å². The first kappa shape index (κ1) is 13.1. The van der Waals surface area contributed by atoms with E-state index in [4.69, 9.17) is 0 Å². The van der Waals surface area contributed by atoms with Crippen molar-refractivity contribution in [1.29, 1.82) is 0 Å². The predicted molar refractivity (Wildman–Crippen MR) is 77.8 cm³/mol. The average molecular weight is 272 g/mol. The van der Waals surface area contributed by atoms with Crippen LogP contribution in [0.4, 0.5) is 0 Å². The van der Waals surface area contributed by atoms with Crippen molar-refractivity contribution >= 4 is 16.9 Å². The fraction of sp³-hybridized carbons (Fsp3) is 0.533. The van der Waals surface area contributed by atoms with Gasteiger partial charge in [0.05, 0.1) is 17.1 Å². The van der Waals surface area contributed by atoms with Crippen LogP contribution in [0.1, 0.15) is 48.8 Å². The lowest BCUT2D eigenvalue weighted by Crippen LogP contribution is -2.27. The molecule has 0 unspecified atom stereocenters. The second kappa shape index (κ2) is 4.89. The molecule has 2 aromatic rings. The Bertz CT molecular complexity index is 653. The van der Waals surface area contributed by atoms with E-state index < -0.39 is 0 Å². The Kier molecular flexibility index (Phi) is 3.20. The summed E-state index contributed by atoms with van der Waals surface area (Å²) in [5.41, 5.74) is 2.41. The third-order valence-corrected chi connectivity index (χ3v) is 3.81. The van der Waals surface area contributed by atoms with Crippen molar-refractivity contribution < 1.29 is 4.79 Å². The van der Waals surface area contributed by atoms with E-state index >= 15 is 0 Å². The molecular weight excluding hydrogens is 252 g/mol. The Morgan fingerprint density at radius 1 is 1.30 bits per heavy atom. The molecule has 0 spiro atoms. The third-order valence-electron chi connectivity index (χ3n) is 3.81. The highest BCUT2D eigenvalue weighted by molar-refractivity contribution is 6.05. The highest BCUT2D eigenvalue weighted by Crippen LogP contribution is 2.23.